The van der Waals surface area contributed by atoms with Gasteiger partial charge in [0, 0.05) is 5.41 Å². The second-order valence-electron chi connectivity index (χ2n) is 6.71. The average Bonchev–Trinajstić information content (AvgIpc) is 2.94. The zero-order valence-corrected chi connectivity index (χ0v) is 16.5. The van der Waals surface area contributed by atoms with Crippen LogP contribution in [-0.2, 0) is 10.2 Å². The van der Waals surface area contributed by atoms with Gasteiger partial charge in [-0.2, -0.15) is 0 Å². The fourth-order valence-electron chi connectivity index (χ4n) is 2.02. The number of nitrogens with one attached hydrogen (secondary N) is 2. The predicted molar refractivity (Wildman–Crippen MR) is 100 cm³/mol. The number of quaternary nitrogens is 1. The first-order valence-electron chi connectivity index (χ1n) is 7.62. The van der Waals surface area contributed by atoms with E-state index in [1.165, 1.54) is 28.0 Å². The van der Waals surface area contributed by atoms with Crippen LogP contribution in [0.25, 0.3) is 0 Å². The number of nitrogens with zero attached hydrogens (tertiary/aromatic N) is 3. The zero-order valence-electron chi connectivity index (χ0n) is 14.0. The maximum atomic E-state index is 12.0. The van der Waals surface area contributed by atoms with E-state index in [4.69, 9.17) is 12.2 Å². The van der Waals surface area contributed by atoms with Crippen LogP contribution in [0, 0.1) is 0 Å². The summed E-state index contributed by atoms with van der Waals surface area (Å²) in [4.78, 5) is 15.7. The fraction of sp³-hybridized carbons (Fsp3) is 0.714. The molecule has 0 radical (unpaired) electrons. The van der Waals surface area contributed by atoms with Crippen LogP contribution in [-0.4, -0.2) is 64.3 Å². The van der Waals surface area contributed by atoms with Crippen molar-refractivity contribution in [1.82, 2.24) is 15.1 Å². The van der Waals surface area contributed by atoms with Crippen molar-refractivity contribution >= 4 is 50.7 Å². The molecule has 6 nitrogen and oxygen atoms in total. The second kappa shape index (κ2) is 7.87. The number of carbonyl (C=O) groups is 1. The van der Waals surface area contributed by atoms with E-state index in [1.54, 1.807) is 0 Å². The molecule has 2 N–H and O–H groups in total. The monoisotopic (exact) mass is 374 g/mol. The van der Waals surface area contributed by atoms with E-state index >= 15 is 0 Å². The molecular weight excluding hydrogens is 350 g/mol. The summed E-state index contributed by atoms with van der Waals surface area (Å²) in [6, 6.07) is 0. The van der Waals surface area contributed by atoms with Gasteiger partial charge < -0.3 is 9.80 Å². The van der Waals surface area contributed by atoms with Crippen LogP contribution in [0.15, 0.2) is 0 Å². The predicted octanol–water partition coefficient (Wildman–Crippen LogP) is 0.623. The number of thiocarbonyl (C=S) groups is 1. The lowest BCUT2D eigenvalue weighted by molar-refractivity contribution is -0.883. The van der Waals surface area contributed by atoms with E-state index in [2.05, 4.69) is 48.2 Å². The molecule has 0 saturated carbocycles. The van der Waals surface area contributed by atoms with Crippen LogP contribution in [0.3, 0.4) is 0 Å². The van der Waals surface area contributed by atoms with Crippen molar-refractivity contribution in [2.75, 3.05) is 44.3 Å². The molecule has 1 aromatic heterocycles. The zero-order chi connectivity index (χ0) is 17.0. The van der Waals surface area contributed by atoms with Crippen molar-refractivity contribution in [3.63, 3.8) is 0 Å². The van der Waals surface area contributed by atoms with Crippen molar-refractivity contribution in [3.8, 4) is 0 Å². The quantitative estimate of drug-likeness (QED) is 0.757. The van der Waals surface area contributed by atoms with E-state index in [0.29, 0.717) is 10.9 Å². The molecule has 1 aliphatic heterocycles. The number of aromatic nitrogens is 2. The van der Waals surface area contributed by atoms with Crippen molar-refractivity contribution in [2.45, 2.75) is 26.2 Å². The molecule has 0 unspecified atom stereocenters. The molecule has 0 atom stereocenters. The molecule has 0 aromatic carbocycles. The highest BCUT2D eigenvalue weighted by atomic mass is 32.2. The van der Waals surface area contributed by atoms with Crippen LogP contribution < -0.4 is 10.2 Å². The second-order valence-corrected chi connectivity index (χ2v) is 9.30. The molecule has 1 aliphatic rings. The Morgan fingerprint density at radius 3 is 2.61 bits per heavy atom. The van der Waals surface area contributed by atoms with E-state index < -0.39 is 0 Å². The molecule has 1 fully saturated rings. The first-order valence-corrected chi connectivity index (χ1v) is 9.83. The summed E-state index contributed by atoms with van der Waals surface area (Å²) in [5.74, 6) is 0.219. The number of rotatable bonds is 3. The van der Waals surface area contributed by atoms with Crippen LogP contribution in [0.1, 0.15) is 25.8 Å². The topological polar surface area (TPSA) is 62.6 Å². The van der Waals surface area contributed by atoms with Gasteiger partial charge in [0.25, 0.3) is 0 Å². The van der Waals surface area contributed by atoms with Gasteiger partial charge in [-0.1, -0.05) is 56.1 Å². The number of hydrogen-bond donors (Lipinski definition) is 2. The molecule has 2 rings (SSSR count). The van der Waals surface area contributed by atoms with Crippen LogP contribution in [0.5, 0.6) is 0 Å². The fourth-order valence-corrected chi connectivity index (χ4v) is 3.89. The van der Waals surface area contributed by atoms with Gasteiger partial charge in [0.2, 0.25) is 11.0 Å². The van der Waals surface area contributed by atoms with Gasteiger partial charge in [0.1, 0.15) is 9.33 Å². The summed E-state index contributed by atoms with van der Waals surface area (Å²) < 4.78 is 0.806. The lowest BCUT2D eigenvalue weighted by Crippen LogP contribution is -3.12. The van der Waals surface area contributed by atoms with Crippen molar-refractivity contribution in [2.24, 2.45) is 0 Å². The number of likely N-dealkylation sites (N-methyl/N-ethyl adjacent to an activating group) is 1. The van der Waals surface area contributed by atoms with Crippen LogP contribution in [0.2, 0.25) is 0 Å². The Balaban J connectivity index is 1.77. The maximum Gasteiger partial charge on any atom is 0.236 e. The number of anilines is 1. The molecule has 0 aliphatic carbocycles. The third-order valence-electron chi connectivity index (χ3n) is 3.51. The number of hydrogen-bond acceptors (Lipinski definition) is 6. The average molecular weight is 375 g/mol. The SMILES string of the molecule is C[NH+]1CCN(C(=S)SCC(=O)Nc2nnc(C(C)(C)C)s2)CC1. The molecule has 0 spiro atoms. The van der Waals surface area contributed by atoms with Gasteiger partial charge >= 0.3 is 0 Å². The molecule has 1 amide bonds. The normalized spacial score (nSPS) is 16.4. The summed E-state index contributed by atoms with van der Waals surface area (Å²) in [5.41, 5.74) is -0.0552. The van der Waals surface area contributed by atoms with E-state index in [0.717, 1.165) is 35.5 Å². The minimum absolute atomic E-state index is 0.0552. The number of carbonyl (C=O) groups excluding carboxylic acids is 1. The molecule has 23 heavy (non-hydrogen) atoms. The Kier molecular flexibility index (Phi) is 6.35. The molecule has 0 bridgehead atoms. The van der Waals surface area contributed by atoms with Crippen molar-refractivity contribution in [1.29, 1.82) is 0 Å². The van der Waals surface area contributed by atoms with E-state index in [-0.39, 0.29) is 11.3 Å². The smallest absolute Gasteiger partial charge is 0.236 e. The summed E-state index contributed by atoms with van der Waals surface area (Å²) >= 11 is 8.26. The lowest BCUT2D eigenvalue weighted by Gasteiger charge is -2.31. The summed E-state index contributed by atoms with van der Waals surface area (Å²) in [5, 5.41) is 12.4. The van der Waals surface area contributed by atoms with Gasteiger partial charge in [0.05, 0.1) is 39.0 Å². The summed E-state index contributed by atoms with van der Waals surface area (Å²) in [7, 11) is 2.19. The highest BCUT2D eigenvalue weighted by Crippen LogP contribution is 2.27. The van der Waals surface area contributed by atoms with Crippen molar-refractivity contribution in [3.05, 3.63) is 5.01 Å². The van der Waals surface area contributed by atoms with Gasteiger partial charge in [-0.15, -0.1) is 10.2 Å². The summed E-state index contributed by atoms with van der Waals surface area (Å²) in [6.45, 7) is 10.3. The lowest BCUT2D eigenvalue weighted by atomic mass is 9.98. The Morgan fingerprint density at radius 1 is 1.39 bits per heavy atom. The largest absolute Gasteiger partial charge is 0.346 e. The van der Waals surface area contributed by atoms with E-state index in [1.807, 2.05) is 0 Å². The minimum Gasteiger partial charge on any atom is -0.346 e. The molecule has 1 saturated heterocycles. The summed E-state index contributed by atoms with van der Waals surface area (Å²) in [6.07, 6.45) is 0. The maximum absolute atomic E-state index is 12.0. The Hall–Kier alpha value is -0.770. The Morgan fingerprint density at radius 2 is 2.04 bits per heavy atom. The first-order chi connectivity index (χ1) is 10.8. The number of amides is 1. The third kappa shape index (κ3) is 5.66. The molecule has 128 valence electrons. The molecule has 2 heterocycles. The Labute approximate surface area is 151 Å². The standard InChI is InChI=1S/C14H23N5OS3/c1-14(2,3)11-16-17-12(23-11)15-10(20)9-22-13(21)19-7-5-18(4)6-8-19/h5-9H2,1-4H3,(H,15,17,20)/p+1. The molecule has 9 heteroatoms. The molecular formula is C14H24N5OS3+. The van der Waals surface area contributed by atoms with Gasteiger partial charge in [-0.3, -0.25) is 10.1 Å². The van der Waals surface area contributed by atoms with Gasteiger partial charge in [-0.25, -0.2) is 0 Å². The highest BCUT2D eigenvalue weighted by Gasteiger charge is 2.21. The van der Waals surface area contributed by atoms with Gasteiger partial charge in [0.15, 0.2) is 0 Å². The van der Waals surface area contributed by atoms with E-state index in [9.17, 15) is 4.79 Å². The van der Waals surface area contributed by atoms with Crippen LogP contribution >= 0.6 is 35.3 Å². The van der Waals surface area contributed by atoms with Crippen LogP contribution in [0.4, 0.5) is 5.13 Å². The minimum atomic E-state index is -0.0892. The third-order valence-corrected chi connectivity index (χ3v) is 6.30. The number of piperazine rings is 1. The highest BCUT2D eigenvalue weighted by molar-refractivity contribution is 8.23. The molecule has 1 aromatic rings. The Bertz CT molecular complexity index is 561. The van der Waals surface area contributed by atoms with Gasteiger partial charge in [-0.05, 0) is 0 Å². The first kappa shape index (κ1) is 18.6. The van der Waals surface area contributed by atoms with Crippen molar-refractivity contribution < 1.29 is 9.69 Å². The number of thioether (sulfide) groups is 1.